The summed E-state index contributed by atoms with van der Waals surface area (Å²) in [7, 11) is 0. The molecule has 0 saturated carbocycles. The largest absolute Gasteiger partial charge is 0.397 e. The number of amides is 1. The number of aromatic nitrogens is 1. The number of nitrogens with one attached hydrogen (secondary N) is 2. The number of nitrogens with zero attached hydrogens (tertiary/aromatic N) is 1. The first-order chi connectivity index (χ1) is 13.6. The van der Waals surface area contributed by atoms with Crippen molar-refractivity contribution in [2.75, 3.05) is 16.4 Å². The van der Waals surface area contributed by atoms with Crippen molar-refractivity contribution in [3.63, 3.8) is 0 Å². The number of carbonyl (C=O) groups excluding carboxylic acids is 1. The number of fused-ring (bicyclic) bond motifs is 1. The number of nitrogens with two attached hydrogens (primary N) is 1. The number of hydrogen-bond donors (Lipinski definition) is 3. The Bertz CT molecular complexity index is 1140. The molecule has 7 heteroatoms. The molecule has 140 valence electrons. The molecule has 4 aromatic rings. The third kappa shape index (κ3) is 4.16. The topological polar surface area (TPSA) is 80.0 Å². The molecule has 0 aliphatic heterocycles. The molecular formula is C21H17BrN4OS. The minimum Gasteiger partial charge on any atom is -0.397 e. The van der Waals surface area contributed by atoms with Crippen LogP contribution in [0.2, 0.25) is 0 Å². The number of anilines is 3. The molecule has 28 heavy (non-hydrogen) atoms. The van der Waals surface area contributed by atoms with Gasteiger partial charge in [-0.15, -0.1) is 0 Å². The third-order valence-electron chi connectivity index (χ3n) is 4.22. The summed E-state index contributed by atoms with van der Waals surface area (Å²) in [6, 6.07) is 20.7. The van der Waals surface area contributed by atoms with E-state index in [0.717, 1.165) is 25.4 Å². The maximum atomic E-state index is 12.4. The van der Waals surface area contributed by atoms with Crippen molar-refractivity contribution in [1.29, 1.82) is 0 Å². The van der Waals surface area contributed by atoms with E-state index in [1.807, 2.05) is 36.4 Å². The van der Waals surface area contributed by atoms with E-state index in [4.69, 9.17) is 5.73 Å². The van der Waals surface area contributed by atoms with Gasteiger partial charge in [-0.3, -0.25) is 4.79 Å². The molecule has 5 nitrogen and oxygen atoms in total. The van der Waals surface area contributed by atoms with Gasteiger partial charge in [0.1, 0.15) is 0 Å². The summed E-state index contributed by atoms with van der Waals surface area (Å²) in [5, 5.41) is 7.04. The average molecular weight is 453 g/mol. The molecule has 0 spiro atoms. The standard InChI is InChI=1S/C21H17BrN4OS/c22-15-9-10-19-18(11-15)26-21(28-19)24-12-13-5-7-14(8-6-13)20(27)25-17-4-2-1-3-16(17)23/h1-11H,12,23H2,(H,24,26)(H,25,27). The third-order valence-corrected chi connectivity index (χ3v) is 5.71. The first-order valence-corrected chi connectivity index (χ1v) is 10.2. The monoisotopic (exact) mass is 452 g/mol. The lowest BCUT2D eigenvalue weighted by Gasteiger charge is -2.08. The first kappa shape index (κ1) is 18.5. The Labute approximate surface area is 174 Å². The summed E-state index contributed by atoms with van der Waals surface area (Å²) in [6.07, 6.45) is 0. The molecule has 3 aromatic carbocycles. The zero-order valence-electron chi connectivity index (χ0n) is 14.8. The fourth-order valence-corrected chi connectivity index (χ4v) is 3.92. The zero-order chi connectivity index (χ0) is 19.5. The number of para-hydroxylation sites is 2. The molecule has 4 N–H and O–H groups in total. The maximum Gasteiger partial charge on any atom is 0.255 e. The lowest BCUT2D eigenvalue weighted by atomic mass is 10.1. The summed E-state index contributed by atoms with van der Waals surface area (Å²) in [6.45, 7) is 0.633. The van der Waals surface area contributed by atoms with E-state index >= 15 is 0 Å². The van der Waals surface area contributed by atoms with Gasteiger partial charge >= 0.3 is 0 Å². The number of hydrogen-bond acceptors (Lipinski definition) is 5. The number of nitrogen functional groups attached to an aromatic ring is 1. The van der Waals surface area contributed by atoms with E-state index in [-0.39, 0.29) is 5.91 Å². The van der Waals surface area contributed by atoms with Crippen molar-refractivity contribution in [3.05, 3.63) is 82.3 Å². The fourth-order valence-electron chi connectivity index (χ4n) is 2.73. The maximum absolute atomic E-state index is 12.4. The number of rotatable bonds is 5. The van der Waals surface area contributed by atoms with E-state index in [0.29, 0.717) is 23.5 Å². The molecule has 1 aromatic heterocycles. The predicted octanol–water partition coefficient (Wildman–Crippen LogP) is 5.51. The summed E-state index contributed by atoms with van der Waals surface area (Å²) in [5.74, 6) is -0.186. The molecule has 1 heterocycles. The Morgan fingerprint density at radius 1 is 1.07 bits per heavy atom. The normalized spacial score (nSPS) is 10.8. The van der Waals surface area contributed by atoms with Gasteiger partial charge in [0.05, 0.1) is 21.6 Å². The highest BCUT2D eigenvalue weighted by Crippen LogP contribution is 2.28. The van der Waals surface area contributed by atoms with Crippen LogP contribution >= 0.6 is 27.3 Å². The minimum atomic E-state index is -0.186. The second-order valence-corrected chi connectivity index (χ2v) is 8.17. The van der Waals surface area contributed by atoms with Crippen molar-refractivity contribution < 1.29 is 4.79 Å². The van der Waals surface area contributed by atoms with Gasteiger partial charge in [0, 0.05) is 16.6 Å². The first-order valence-electron chi connectivity index (χ1n) is 8.63. The van der Waals surface area contributed by atoms with Gasteiger partial charge in [-0.25, -0.2) is 4.98 Å². The smallest absolute Gasteiger partial charge is 0.255 e. The molecular weight excluding hydrogens is 436 g/mol. The van der Waals surface area contributed by atoms with Gasteiger partial charge in [0.25, 0.3) is 5.91 Å². The molecule has 0 atom stereocenters. The number of halogens is 1. The molecule has 0 fully saturated rings. The van der Waals surface area contributed by atoms with Crippen LogP contribution in [0.5, 0.6) is 0 Å². The van der Waals surface area contributed by atoms with Crippen LogP contribution in [0.3, 0.4) is 0 Å². The minimum absolute atomic E-state index is 0.186. The zero-order valence-corrected chi connectivity index (χ0v) is 17.2. The molecule has 0 unspecified atom stereocenters. The number of benzene rings is 3. The van der Waals surface area contributed by atoms with Crippen LogP contribution in [0.1, 0.15) is 15.9 Å². The fraction of sp³-hybridized carbons (Fsp3) is 0.0476. The van der Waals surface area contributed by atoms with Crippen LogP contribution in [0.4, 0.5) is 16.5 Å². The summed E-state index contributed by atoms with van der Waals surface area (Å²) >= 11 is 5.08. The van der Waals surface area contributed by atoms with Gasteiger partial charge in [0.2, 0.25) is 0 Å². The highest BCUT2D eigenvalue weighted by Gasteiger charge is 2.08. The van der Waals surface area contributed by atoms with Crippen LogP contribution in [0, 0.1) is 0 Å². The number of carbonyl (C=O) groups is 1. The van der Waals surface area contributed by atoms with E-state index in [2.05, 4.69) is 37.6 Å². The quantitative estimate of drug-likeness (QED) is 0.349. The van der Waals surface area contributed by atoms with E-state index in [9.17, 15) is 4.79 Å². The highest BCUT2D eigenvalue weighted by atomic mass is 79.9. The van der Waals surface area contributed by atoms with Crippen LogP contribution in [0.15, 0.2) is 71.2 Å². The lowest BCUT2D eigenvalue weighted by molar-refractivity contribution is 0.102. The van der Waals surface area contributed by atoms with Gasteiger partial charge < -0.3 is 16.4 Å². The van der Waals surface area contributed by atoms with Gasteiger partial charge in [-0.1, -0.05) is 51.5 Å². The SMILES string of the molecule is Nc1ccccc1NC(=O)c1ccc(CNc2nc3cc(Br)ccc3s2)cc1. The van der Waals surface area contributed by atoms with Crippen molar-refractivity contribution >= 4 is 59.9 Å². The summed E-state index contributed by atoms with van der Waals surface area (Å²) in [4.78, 5) is 17.0. The Kier molecular flexibility index (Phi) is 5.27. The van der Waals surface area contributed by atoms with Crippen molar-refractivity contribution in [3.8, 4) is 0 Å². The average Bonchev–Trinajstić information content (AvgIpc) is 3.10. The van der Waals surface area contributed by atoms with Crippen LogP contribution in [-0.4, -0.2) is 10.9 Å². The molecule has 0 radical (unpaired) electrons. The second kappa shape index (κ2) is 8.00. The molecule has 0 aliphatic rings. The van der Waals surface area contributed by atoms with Crippen molar-refractivity contribution in [2.24, 2.45) is 0 Å². The second-order valence-electron chi connectivity index (χ2n) is 6.22. The Morgan fingerprint density at radius 3 is 2.64 bits per heavy atom. The molecule has 0 bridgehead atoms. The molecule has 1 amide bonds. The van der Waals surface area contributed by atoms with Crippen LogP contribution in [-0.2, 0) is 6.54 Å². The van der Waals surface area contributed by atoms with Gasteiger partial charge in [0.15, 0.2) is 5.13 Å². The Morgan fingerprint density at radius 2 is 1.86 bits per heavy atom. The molecule has 4 rings (SSSR count). The van der Waals surface area contributed by atoms with Crippen molar-refractivity contribution in [1.82, 2.24) is 4.98 Å². The van der Waals surface area contributed by atoms with Crippen LogP contribution < -0.4 is 16.4 Å². The predicted molar refractivity (Wildman–Crippen MR) is 120 cm³/mol. The van der Waals surface area contributed by atoms with Crippen LogP contribution in [0.25, 0.3) is 10.2 Å². The lowest BCUT2D eigenvalue weighted by Crippen LogP contribution is -2.13. The van der Waals surface area contributed by atoms with E-state index in [1.165, 1.54) is 0 Å². The van der Waals surface area contributed by atoms with E-state index < -0.39 is 0 Å². The Balaban J connectivity index is 1.40. The summed E-state index contributed by atoms with van der Waals surface area (Å²) in [5.41, 5.74) is 9.64. The van der Waals surface area contributed by atoms with Gasteiger partial charge in [-0.05, 0) is 48.0 Å². The van der Waals surface area contributed by atoms with Gasteiger partial charge in [-0.2, -0.15) is 0 Å². The summed E-state index contributed by atoms with van der Waals surface area (Å²) < 4.78 is 2.15. The Hall–Kier alpha value is -2.90. The molecule has 0 saturated heterocycles. The number of thiazole rings is 1. The highest BCUT2D eigenvalue weighted by molar-refractivity contribution is 9.10. The van der Waals surface area contributed by atoms with Crippen molar-refractivity contribution in [2.45, 2.75) is 6.54 Å². The molecule has 0 aliphatic carbocycles. The van der Waals surface area contributed by atoms with E-state index in [1.54, 1.807) is 35.6 Å².